The number of hydrogen-bond acceptors (Lipinski definition) is 5. The van der Waals surface area contributed by atoms with Crippen molar-refractivity contribution < 1.29 is 22.7 Å². The zero-order valence-electron chi connectivity index (χ0n) is 14.0. The highest BCUT2D eigenvalue weighted by molar-refractivity contribution is 7.92. The van der Waals surface area contributed by atoms with Crippen molar-refractivity contribution in [2.24, 2.45) is 0 Å². The van der Waals surface area contributed by atoms with Gasteiger partial charge < -0.3 is 14.8 Å². The highest BCUT2D eigenvalue weighted by Crippen LogP contribution is 2.32. The van der Waals surface area contributed by atoms with Gasteiger partial charge in [-0.1, -0.05) is 11.6 Å². The van der Waals surface area contributed by atoms with Gasteiger partial charge in [0, 0.05) is 38.2 Å². The zero-order chi connectivity index (χ0) is 18.2. The van der Waals surface area contributed by atoms with Gasteiger partial charge in [-0.05, 0) is 24.6 Å². The second-order valence-electron chi connectivity index (χ2n) is 5.10. The molecule has 0 aliphatic carbocycles. The minimum absolute atomic E-state index is 0.00829. The molecule has 0 aliphatic rings. The molecule has 0 spiro atoms. The van der Waals surface area contributed by atoms with Crippen LogP contribution in [-0.2, 0) is 19.6 Å². The fraction of sp³-hybridized carbons (Fsp3) is 0.533. The fourth-order valence-electron chi connectivity index (χ4n) is 2.06. The number of ether oxygens (including phenoxy) is 2. The number of amides is 1. The van der Waals surface area contributed by atoms with Crippen LogP contribution in [0.4, 0.5) is 5.69 Å². The van der Waals surface area contributed by atoms with Gasteiger partial charge in [-0.2, -0.15) is 0 Å². The first-order valence-electron chi connectivity index (χ1n) is 7.36. The summed E-state index contributed by atoms with van der Waals surface area (Å²) >= 11 is 5.96. The van der Waals surface area contributed by atoms with Crippen molar-refractivity contribution >= 4 is 33.2 Å². The normalized spacial score (nSPS) is 11.2. The summed E-state index contributed by atoms with van der Waals surface area (Å²) in [5.74, 6) is 0.131. The van der Waals surface area contributed by atoms with E-state index in [4.69, 9.17) is 21.1 Å². The van der Waals surface area contributed by atoms with Gasteiger partial charge in [0.15, 0.2) is 0 Å². The Balaban J connectivity index is 2.82. The van der Waals surface area contributed by atoms with Gasteiger partial charge in [0.25, 0.3) is 0 Å². The van der Waals surface area contributed by atoms with Gasteiger partial charge >= 0.3 is 0 Å². The molecule has 0 atom stereocenters. The smallest absolute Gasteiger partial charge is 0.232 e. The number of rotatable bonds is 10. The number of carbonyl (C=O) groups excluding carboxylic acids is 1. The maximum absolute atomic E-state index is 12.1. The predicted octanol–water partition coefficient (Wildman–Crippen LogP) is 1.66. The monoisotopic (exact) mass is 378 g/mol. The molecule has 1 aromatic rings. The molecule has 0 fully saturated rings. The molecule has 0 heterocycles. The molecule has 1 N–H and O–H groups in total. The lowest BCUT2D eigenvalue weighted by molar-refractivity contribution is -0.120. The maximum Gasteiger partial charge on any atom is 0.232 e. The molecule has 1 rings (SSSR count). The van der Waals surface area contributed by atoms with Crippen molar-refractivity contribution in [1.82, 2.24) is 5.32 Å². The number of benzene rings is 1. The lowest BCUT2D eigenvalue weighted by atomic mass is 10.2. The van der Waals surface area contributed by atoms with E-state index in [1.165, 1.54) is 13.2 Å². The molecule has 1 aromatic carbocycles. The summed E-state index contributed by atoms with van der Waals surface area (Å²) in [6.07, 6.45) is 1.79. The van der Waals surface area contributed by atoms with Crippen LogP contribution in [0.5, 0.6) is 5.75 Å². The van der Waals surface area contributed by atoms with Crippen molar-refractivity contribution in [3.05, 3.63) is 23.2 Å². The molecular formula is C15H23ClN2O5S. The Morgan fingerprint density at radius 2 is 2.04 bits per heavy atom. The average Bonchev–Trinajstić information content (AvgIpc) is 2.50. The summed E-state index contributed by atoms with van der Waals surface area (Å²) in [6, 6.07) is 4.69. The molecule has 0 saturated heterocycles. The van der Waals surface area contributed by atoms with Gasteiger partial charge in [0.2, 0.25) is 15.9 Å². The van der Waals surface area contributed by atoms with Crippen LogP contribution in [0.15, 0.2) is 18.2 Å². The zero-order valence-corrected chi connectivity index (χ0v) is 15.6. The van der Waals surface area contributed by atoms with E-state index in [0.29, 0.717) is 36.0 Å². The van der Waals surface area contributed by atoms with Crippen LogP contribution in [-0.4, -0.2) is 54.5 Å². The van der Waals surface area contributed by atoms with Gasteiger partial charge in [0.1, 0.15) is 5.75 Å². The van der Waals surface area contributed by atoms with Crippen molar-refractivity contribution in [2.45, 2.75) is 12.8 Å². The predicted molar refractivity (Wildman–Crippen MR) is 94.3 cm³/mol. The van der Waals surface area contributed by atoms with Gasteiger partial charge in [0.05, 0.1) is 19.1 Å². The van der Waals surface area contributed by atoms with Crippen LogP contribution >= 0.6 is 11.6 Å². The molecule has 0 aromatic heterocycles. The number of nitrogens with zero attached hydrogens (tertiary/aromatic N) is 1. The summed E-state index contributed by atoms with van der Waals surface area (Å²) < 4.78 is 35.4. The Hall–Kier alpha value is -1.51. The van der Waals surface area contributed by atoms with Crippen molar-refractivity contribution in [1.29, 1.82) is 0 Å². The van der Waals surface area contributed by atoms with E-state index in [1.807, 2.05) is 0 Å². The van der Waals surface area contributed by atoms with E-state index in [0.717, 1.165) is 10.6 Å². The number of hydrogen-bond donors (Lipinski definition) is 1. The van der Waals surface area contributed by atoms with Crippen molar-refractivity contribution in [3.8, 4) is 5.75 Å². The summed E-state index contributed by atoms with van der Waals surface area (Å²) in [5.41, 5.74) is 0.305. The van der Waals surface area contributed by atoms with E-state index in [1.54, 1.807) is 19.2 Å². The second kappa shape index (κ2) is 9.71. The van der Waals surface area contributed by atoms with E-state index in [2.05, 4.69) is 5.32 Å². The number of methoxy groups -OCH3 is 2. The Kier molecular flexibility index (Phi) is 8.30. The SMILES string of the molecule is COCCCNC(=O)CCN(c1cc(Cl)ccc1OC)S(C)(=O)=O. The van der Waals surface area contributed by atoms with Crippen LogP contribution in [0, 0.1) is 0 Å². The quantitative estimate of drug-likeness (QED) is 0.626. The van der Waals surface area contributed by atoms with Crippen LogP contribution in [0.3, 0.4) is 0 Å². The van der Waals surface area contributed by atoms with Gasteiger partial charge in [-0.25, -0.2) is 8.42 Å². The van der Waals surface area contributed by atoms with Crippen molar-refractivity contribution in [3.63, 3.8) is 0 Å². The Morgan fingerprint density at radius 1 is 1.33 bits per heavy atom. The number of carbonyl (C=O) groups is 1. The molecule has 0 saturated carbocycles. The third-order valence-electron chi connectivity index (χ3n) is 3.20. The fourth-order valence-corrected chi connectivity index (χ4v) is 3.15. The molecule has 1 amide bonds. The molecule has 0 bridgehead atoms. The summed E-state index contributed by atoms with van der Waals surface area (Å²) in [5, 5.41) is 3.10. The minimum atomic E-state index is -3.60. The number of nitrogens with one attached hydrogen (secondary N) is 1. The van der Waals surface area contributed by atoms with Gasteiger partial charge in [-0.3, -0.25) is 9.10 Å². The number of anilines is 1. The maximum atomic E-state index is 12.1. The topological polar surface area (TPSA) is 84.9 Å². The summed E-state index contributed by atoms with van der Waals surface area (Å²) in [6.45, 7) is 1.02. The van der Waals surface area contributed by atoms with E-state index >= 15 is 0 Å². The van der Waals surface area contributed by atoms with Crippen molar-refractivity contribution in [2.75, 3.05) is 44.5 Å². The lowest BCUT2D eigenvalue weighted by Crippen LogP contribution is -2.35. The largest absolute Gasteiger partial charge is 0.495 e. The highest BCUT2D eigenvalue weighted by Gasteiger charge is 2.22. The average molecular weight is 379 g/mol. The molecule has 0 radical (unpaired) electrons. The summed E-state index contributed by atoms with van der Waals surface area (Å²) in [7, 11) is -0.570. The standard InChI is InChI=1S/C15H23ClN2O5S/c1-22-10-4-8-17-15(19)7-9-18(24(3,20)21)13-11-12(16)5-6-14(13)23-2/h5-6,11H,4,7-10H2,1-3H3,(H,17,19). The highest BCUT2D eigenvalue weighted by atomic mass is 35.5. The van der Waals surface area contributed by atoms with Crippen LogP contribution in [0.25, 0.3) is 0 Å². The number of sulfonamides is 1. The molecule has 0 aliphatic heterocycles. The van der Waals surface area contributed by atoms with Gasteiger partial charge in [-0.15, -0.1) is 0 Å². The van der Waals surface area contributed by atoms with Crippen LogP contribution < -0.4 is 14.4 Å². The van der Waals surface area contributed by atoms with Crippen LogP contribution in [0.2, 0.25) is 5.02 Å². The number of halogens is 1. The molecule has 0 unspecified atom stereocenters. The Bertz CT molecular complexity index is 651. The van der Waals surface area contributed by atoms with E-state index in [9.17, 15) is 13.2 Å². The Labute approximate surface area is 147 Å². The first-order chi connectivity index (χ1) is 11.3. The minimum Gasteiger partial charge on any atom is -0.495 e. The summed E-state index contributed by atoms with van der Waals surface area (Å²) in [4.78, 5) is 11.9. The molecule has 9 heteroatoms. The van der Waals surface area contributed by atoms with E-state index in [-0.39, 0.29) is 18.9 Å². The second-order valence-corrected chi connectivity index (χ2v) is 7.44. The molecule has 7 nitrogen and oxygen atoms in total. The molecule has 136 valence electrons. The first-order valence-corrected chi connectivity index (χ1v) is 9.59. The third kappa shape index (κ3) is 6.54. The van der Waals surface area contributed by atoms with Crippen LogP contribution in [0.1, 0.15) is 12.8 Å². The molecule has 24 heavy (non-hydrogen) atoms. The lowest BCUT2D eigenvalue weighted by Gasteiger charge is -2.24. The first kappa shape index (κ1) is 20.5. The third-order valence-corrected chi connectivity index (χ3v) is 4.61. The van der Waals surface area contributed by atoms with E-state index < -0.39 is 10.0 Å². The Morgan fingerprint density at radius 3 is 2.62 bits per heavy atom. The molecular weight excluding hydrogens is 356 g/mol.